The predicted molar refractivity (Wildman–Crippen MR) is 67.0 cm³/mol. The van der Waals surface area contributed by atoms with Gasteiger partial charge in [-0.2, -0.15) is 0 Å². The molecule has 1 aromatic carbocycles. The molecule has 1 aromatic heterocycles. The van der Waals surface area contributed by atoms with Crippen LogP contribution in [-0.2, 0) is 4.79 Å². The average molecular weight is 225 g/mol. The first kappa shape index (κ1) is 11.0. The molecule has 4 nitrogen and oxygen atoms in total. The molecule has 1 heterocycles. The van der Waals surface area contributed by atoms with Crippen molar-refractivity contribution in [3.05, 3.63) is 48.3 Å². The molecule has 4 heteroatoms. The van der Waals surface area contributed by atoms with Crippen LogP contribution in [0.4, 0.5) is 5.69 Å². The van der Waals surface area contributed by atoms with Crippen LogP contribution in [0.3, 0.4) is 0 Å². The van der Waals surface area contributed by atoms with Crippen molar-refractivity contribution < 1.29 is 4.79 Å². The maximum absolute atomic E-state index is 10.6. The normalized spacial score (nSPS) is 9.88. The minimum absolute atomic E-state index is 0.117. The molecule has 0 amide bonds. The second kappa shape index (κ2) is 4.57. The van der Waals surface area contributed by atoms with Crippen molar-refractivity contribution in [2.45, 2.75) is 0 Å². The molecule has 0 bridgehead atoms. The summed E-state index contributed by atoms with van der Waals surface area (Å²) in [5.74, 6) is 0. The van der Waals surface area contributed by atoms with E-state index in [9.17, 15) is 4.79 Å². The molecule has 0 unspecified atom stereocenters. The van der Waals surface area contributed by atoms with Gasteiger partial charge in [0, 0.05) is 29.2 Å². The molecule has 2 rings (SSSR count). The maximum atomic E-state index is 10.6. The number of hydrogen-bond acceptors (Lipinski definition) is 4. The number of carbonyl (C=O) groups is 1. The van der Waals surface area contributed by atoms with E-state index in [0.29, 0.717) is 17.5 Å². The number of pyridine rings is 1. The molecular weight excluding hydrogens is 214 g/mol. The van der Waals surface area contributed by atoms with E-state index in [-0.39, 0.29) is 5.71 Å². The Balaban J connectivity index is 2.52. The lowest BCUT2D eigenvalue weighted by Gasteiger charge is -2.06. The summed E-state index contributed by atoms with van der Waals surface area (Å²) in [5.41, 5.74) is 8.29. The van der Waals surface area contributed by atoms with Gasteiger partial charge >= 0.3 is 0 Å². The van der Waals surface area contributed by atoms with Gasteiger partial charge in [0.2, 0.25) is 0 Å². The zero-order valence-corrected chi connectivity index (χ0v) is 9.05. The van der Waals surface area contributed by atoms with E-state index in [1.54, 1.807) is 24.5 Å². The van der Waals surface area contributed by atoms with E-state index >= 15 is 0 Å². The van der Waals surface area contributed by atoms with Crippen LogP contribution in [0.25, 0.3) is 11.1 Å². The van der Waals surface area contributed by atoms with Crippen LogP contribution in [0.2, 0.25) is 0 Å². The molecule has 0 saturated heterocycles. The fraction of sp³-hybridized carbons (Fsp3) is 0. The summed E-state index contributed by atoms with van der Waals surface area (Å²) in [6.45, 7) is 0. The zero-order chi connectivity index (χ0) is 12.3. The van der Waals surface area contributed by atoms with Crippen molar-refractivity contribution in [2.24, 2.45) is 0 Å². The molecule has 0 radical (unpaired) electrons. The molecule has 2 aromatic rings. The zero-order valence-electron chi connectivity index (χ0n) is 9.05. The van der Waals surface area contributed by atoms with E-state index in [1.807, 2.05) is 18.2 Å². The molecule has 84 valence electrons. The Kier molecular flexibility index (Phi) is 2.96. The highest BCUT2D eigenvalue weighted by molar-refractivity contribution is 6.36. The van der Waals surface area contributed by atoms with Crippen LogP contribution in [0.5, 0.6) is 0 Å². The van der Waals surface area contributed by atoms with Crippen molar-refractivity contribution in [2.75, 3.05) is 5.73 Å². The van der Waals surface area contributed by atoms with Gasteiger partial charge in [-0.15, -0.1) is 0 Å². The van der Waals surface area contributed by atoms with Crippen molar-refractivity contribution in [1.29, 1.82) is 5.41 Å². The van der Waals surface area contributed by atoms with Crippen molar-refractivity contribution in [1.82, 2.24) is 4.98 Å². The number of nitrogen functional groups attached to an aromatic ring is 1. The molecule has 0 spiro atoms. The molecule has 0 aliphatic heterocycles. The van der Waals surface area contributed by atoms with Crippen LogP contribution < -0.4 is 5.73 Å². The van der Waals surface area contributed by atoms with Gasteiger partial charge in [-0.3, -0.25) is 15.2 Å². The lowest BCUT2D eigenvalue weighted by atomic mass is 10.0. The Bertz CT molecular complexity index is 564. The first-order valence-corrected chi connectivity index (χ1v) is 5.06. The third kappa shape index (κ3) is 2.20. The van der Waals surface area contributed by atoms with E-state index in [1.165, 1.54) is 0 Å². The van der Waals surface area contributed by atoms with Gasteiger partial charge in [0.25, 0.3) is 0 Å². The first-order valence-electron chi connectivity index (χ1n) is 5.06. The first-order chi connectivity index (χ1) is 8.22. The SMILES string of the molecule is N=C(C=O)c1cc(-c2cccnc2)ccc1N. The van der Waals surface area contributed by atoms with E-state index in [4.69, 9.17) is 11.1 Å². The lowest BCUT2D eigenvalue weighted by molar-refractivity contribution is -0.102. The number of hydrogen-bond donors (Lipinski definition) is 2. The van der Waals surface area contributed by atoms with Gasteiger partial charge < -0.3 is 5.73 Å². The van der Waals surface area contributed by atoms with Gasteiger partial charge in [0.15, 0.2) is 6.29 Å². The minimum atomic E-state index is -0.117. The summed E-state index contributed by atoms with van der Waals surface area (Å²) < 4.78 is 0. The minimum Gasteiger partial charge on any atom is -0.398 e. The Morgan fingerprint density at radius 1 is 1.29 bits per heavy atom. The van der Waals surface area contributed by atoms with Crippen molar-refractivity contribution >= 4 is 17.7 Å². The number of nitrogens with one attached hydrogen (secondary N) is 1. The van der Waals surface area contributed by atoms with Gasteiger partial charge in [-0.1, -0.05) is 12.1 Å². The number of carbonyl (C=O) groups excluding carboxylic acids is 1. The molecular formula is C13H11N3O. The summed E-state index contributed by atoms with van der Waals surface area (Å²) in [6, 6.07) is 9.00. The van der Waals surface area contributed by atoms with E-state index < -0.39 is 0 Å². The van der Waals surface area contributed by atoms with E-state index in [2.05, 4.69) is 4.98 Å². The standard InChI is InChI=1S/C13H11N3O/c14-12-4-3-9(6-11(12)13(15)8-17)10-2-1-5-16-7-10/h1-8,15H,14H2. The highest BCUT2D eigenvalue weighted by atomic mass is 16.1. The summed E-state index contributed by atoms with van der Waals surface area (Å²) in [5, 5.41) is 7.51. The smallest absolute Gasteiger partial charge is 0.168 e. The number of rotatable bonds is 3. The topological polar surface area (TPSA) is 79.8 Å². The number of nitrogens with zero attached hydrogens (tertiary/aromatic N) is 1. The van der Waals surface area contributed by atoms with Crippen LogP contribution >= 0.6 is 0 Å². The number of aldehydes is 1. The third-order valence-electron chi connectivity index (χ3n) is 2.46. The average Bonchev–Trinajstić information content (AvgIpc) is 2.39. The Morgan fingerprint density at radius 3 is 2.76 bits per heavy atom. The molecule has 0 aliphatic carbocycles. The van der Waals surface area contributed by atoms with Gasteiger partial charge in [-0.05, 0) is 23.8 Å². The Hall–Kier alpha value is -2.49. The third-order valence-corrected chi connectivity index (χ3v) is 2.46. The molecule has 3 N–H and O–H groups in total. The number of benzene rings is 1. The highest BCUT2D eigenvalue weighted by Gasteiger charge is 2.07. The molecule has 0 atom stereocenters. The summed E-state index contributed by atoms with van der Waals surface area (Å²) in [7, 11) is 0. The summed E-state index contributed by atoms with van der Waals surface area (Å²) in [6.07, 6.45) is 3.90. The Labute approximate surface area is 98.6 Å². The second-order valence-electron chi connectivity index (χ2n) is 3.58. The van der Waals surface area contributed by atoms with Gasteiger partial charge in [-0.25, -0.2) is 0 Å². The van der Waals surface area contributed by atoms with Crippen LogP contribution in [0, 0.1) is 5.41 Å². The molecule has 17 heavy (non-hydrogen) atoms. The number of anilines is 1. The lowest BCUT2D eigenvalue weighted by Crippen LogP contribution is -2.04. The van der Waals surface area contributed by atoms with E-state index in [0.717, 1.165) is 11.1 Å². The van der Waals surface area contributed by atoms with Gasteiger partial charge in [0.1, 0.15) is 5.71 Å². The second-order valence-corrected chi connectivity index (χ2v) is 3.58. The van der Waals surface area contributed by atoms with Gasteiger partial charge in [0.05, 0.1) is 0 Å². The quantitative estimate of drug-likeness (QED) is 0.475. The predicted octanol–water partition coefficient (Wildman–Crippen LogP) is 1.90. The summed E-state index contributed by atoms with van der Waals surface area (Å²) >= 11 is 0. The fourth-order valence-corrected chi connectivity index (χ4v) is 1.57. The van der Waals surface area contributed by atoms with Crippen molar-refractivity contribution in [3.8, 4) is 11.1 Å². The van der Waals surface area contributed by atoms with Crippen LogP contribution in [0.15, 0.2) is 42.7 Å². The maximum Gasteiger partial charge on any atom is 0.168 e. The van der Waals surface area contributed by atoms with Crippen LogP contribution in [-0.4, -0.2) is 17.0 Å². The monoisotopic (exact) mass is 225 g/mol. The number of nitrogens with two attached hydrogens (primary N) is 1. The molecule has 0 aliphatic rings. The molecule has 0 saturated carbocycles. The highest BCUT2D eigenvalue weighted by Crippen LogP contribution is 2.23. The van der Waals surface area contributed by atoms with Crippen LogP contribution in [0.1, 0.15) is 5.56 Å². The summed E-state index contributed by atoms with van der Waals surface area (Å²) in [4.78, 5) is 14.6. The fourth-order valence-electron chi connectivity index (χ4n) is 1.57. The molecule has 0 fully saturated rings. The largest absolute Gasteiger partial charge is 0.398 e. The van der Waals surface area contributed by atoms with Crippen molar-refractivity contribution in [3.63, 3.8) is 0 Å². The Morgan fingerprint density at radius 2 is 2.12 bits per heavy atom. The number of aromatic nitrogens is 1.